The van der Waals surface area contributed by atoms with Crippen LogP contribution in [0.15, 0.2) is 41.4 Å². The minimum atomic E-state index is -0.227. The third-order valence-electron chi connectivity index (χ3n) is 4.99. The molecule has 1 saturated heterocycles. The number of rotatable bonds is 6. The maximum Gasteiger partial charge on any atom is 0.191 e. The van der Waals surface area contributed by atoms with Crippen molar-refractivity contribution in [1.29, 1.82) is 0 Å². The summed E-state index contributed by atoms with van der Waals surface area (Å²) in [5.74, 6) is 2.14. The van der Waals surface area contributed by atoms with Gasteiger partial charge in [-0.3, -0.25) is 0 Å². The first-order chi connectivity index (χ1) is 14.0. The topological polar surface area (TPSA) is 72.5 Å². The van der Waals surface area contributed by atoms with E-state index in [0.717, 1.165) is 37.4 Å². The lowest BCUT2D eigenvalue weighted by atomic mass is 10.1. The van der Waals surface area contributed by atoms with Crippen molar-refractivity contribution in [3.05, 3.63) is 47.8 Å². The number of guanidine groups is 1. The number of aliphatic imine (C=N–C) groups is 1. The Morgan fingerprint density at radius 2 is 1.52 bits per heavy atom. The number of ether oxygens (including phenoxy) is 3. The molecular weight excluding hydrogens is 375 g/mol. The highest BCUT2D eigenvalue weighted by Crippen LogP contribution is 2.35. The quantitative estimate of drug-likeness (QED) is 0.591. The monoisotopic (exact) mass is 402 g/mol. The Hall–Kier alpha value is -3.16. The van der Waals surface area contributed by atoms with Crippen LogP contribution in [0.3, 0.4) is 0 Å². The molecule has 8 heteroatoms. The van der Waals surface area contributed by atoms with Crippen LogP contribution in [0.2, 0.25) is 0 Å². The highest BCUT2D eigenvalue weighted by Gasteiger charge is 2.19. The highest BCUT2D eigenvalue weighted by atomic mass is 19.1. The van der Waals surface area contributed by atoms with Gasteiger partial charge < -0.3 is 29.7 Å². The molecule has 0 radical (unpaired) electrons. The summed E-state index contributed by atoms with van der Waals surface area (Å²) in [5, 5.41) is 0. The van der Waals surface area contributed by atoms with Gasteiger partial charge in [0.05, 0.1) is 27.9 Å². The molecule has 0 spiro atoms. The number of nitrogens with two attached hydrogens (primary N) is 1. The number of piperazine rings is 1. The van der Waals surface area contributed by atoms with E-state index in [-0.39, 0.29) is 5.82 Å². The standard InChI is InChI=1S/C21H27FN4O3/c1-27-18-13-20(29-3)19(28-2)12-15(18)14-24-21(23)26-10-8-25(9-11-26)17-6-4-16(22)5-7-17/h4-7,12-13H,8-11,14H2,1-3H3,(H2,23,24). The van der Waals surface area contributed by atoms with Crippen LogP contribution in [0.4, 0.5) is 10.1 Å². The molecule has 0 amide bonds. The molecule has 0 saturated carbocycles. The Morgan fingerprint density at radius 3 is 2.10 bits per heavy atom. The lowest BCUT2D eigenvalue weighted by Gasteiger charge is -2.36. The predicted molar refractivity (Wildman–Crippen MR) is 112 cm³/mol. The summed E-state index contributed by atoms with van der Waals surface area (Å²) in [7, 11) is 4.78. The van der Waals surface area contributed by atoms with E-state index in [9.17, 15) is 4.39 Å². The smallest absolute Gasteiger partial charge is 0.191 e. The minimum absolute atomic E-state index is 0.227. The molecule has 0 bridgehead atoms. The molecule has 0 atom stereocenters. The van der Waals surface area contributed by atoms with E-state index >= 15 is 0 Å². The maximum atomic E-state index is 13.1. The van der Waals surface area contributed by atoms with Crippen molar-refractivity contribution >= 4 is 11.6 Å². The van der Waals surface area contributed by atoms with Gasteiger partial charge >= 0.3 is 0 Å². The molecule has 2 N–H and O–H groups in total. The summed E-state index contributed by atoms with van der Waals surface area (Å²) < 4.78 is 29.2. The first kappa shape index (κ1) is 20.6. The van der Waals surface area contributed by atoms with Crippen LogP contribution in [0.25, 0.3) is 0 Å². The van der Waals surface area contributed by atoms with E-state index in [2.05, 4.69) is 9.89 Å². The van der Waals surface area contributed by atoms with Gasteiger partial charge in [-0.05, 0) is 30.3 Å². The second-order valence-corrected chi connectivity index (χ2v) is 6.64. The molecule has 29 heavy (non-hydrogen) atoms. The molecule has 1 aliphatic heterocycles. The normalized spacial score (nSPS) is 14.7. The summed E-state index contributed by atoms with van der Waals surface area (Å²) in [6, 6.07) is 10.2. The molecule has 0 unspecified atom stereocenters. The summed E-state index contributed by atoms with van der Waals surface area (Å²) in [6.07, 6.45) is 0. The second-order valence-electron chi connectivity index (χ2n) is 6.64. The molecule has 2 aromatic rings. The third-order valence-corrected chi connectivity index (χ3v) is 4.99. The van der Waals surface area contributed by atoms with Crippen LogP contribution in [-0.2, 0) is 6.54 Å². The number of hydrogen-bond acceptors (Lipinski definition) is 5. The van der Waals surface area contributed by atoms with Crippen LogP contribution in [0.5, 0.6) is 17.2 Å². The van der Waals surface area contributed by atoms with Crippen molar-refractivity contribution < 1.29 is 18.6 Å². The average molecular weight is 402 g/mol. The lowest BCUT2D eigenvalue weighted by Crippen LogP contribution is -2.51. The van der Waals surface area contributed by atoms with Gasteiger partial charge in [0.1, 0.15) is 11.6 Å². The molecule has 1 fully saturated rings. The average Bonchev–Trinajstić information content (AvgIpc) is 2.77. The minimum Gasteiger partial charge on any atom is -0.496 e. The Balaban J connectivity index is 1.64. The van der Waals surface area contributed by atoms with Crippen molar-refractivity contribution in [3.8, 4) is 17.2 Å². The number of halogens is 1. The van der Waals surface area contributed by atoms with Gasteiger partial charge in [0.2, 0.25) is 0 Å². The fraction of sp³-hybridized carbons (Fsp3) is 0.381. The van der Waals surface area contributed by atoms with Gasteiger partial charge in [0.25, 0.3) is 0 Å². The molecule has 7 nitrogen and oxygen atoms in total. The van der Waals surface area contributed by atoms with Crippen molar-refractivity contribution in [2.75, 3.05) is 52.4 Å². The van der Waals surface area contributed by atoms with Crippen LogP contribution in [-0.4, -0.2) is 58.4 Å². The molecule has 156 valence electrons. The maximum absolute atomic E-state index is 13.1. The zero-order chi connectivity index (χ0) is 20.8. The van der Waals surface area contributed by atoms with Crippen LogP contribution in [0.1, 0.15) is 5.56 Å². The van der Waals surface area contributed by atoms with Crippen molar-refractivity contribution in [2.45, 2.75) is 6.54 Å². The Labute approximate surface area is 170 Å². The molecule has 0 aromatic heterocycles. The number of anilines is 1. The zero-order valence-corrected chi connectivity index (χ0v) is 17.0. The second kappa shape index (κ2) is 9.36. The van der Waals surface area contributed by atoms with Gasteiger partial charge in [-0.25, -0.2) is 9.38 Å². The Bertz CT molecular complexity index is 850. The SMILES string of the molecule is COc1cc(OC)c(OC)cc1CN=C(N)N1CCN(c2ccc(F)cc2)CC1. The number of methoxy groups -OCH3 is 3. The largest absolute Gasteiger partial charge is 0.496 e. The number of hydrogen-bond donors (Lipinski definition) is 1. The van der Waals surface area contributed by atoms with Crippen LogP contribution >= 0.6 is 0 Å². The third kappa shape index (κ3) is 4.82. The van der Waals surface area contributed by atoms with E-state index in [4.69, 9.17) is 19.9 Å². The van der Waals surface area contributed by atoms with E-state index in [1.807, 2.05) is 11.0 Å². The van der Waals surface area contributed by atoms with Gasteiger partial charge in [0, 0.05) is 43.5 Å². The highest BCUT2D eigenvalue weighted by molar-refractivity contribution is 5.78. The van der Waals surface area contributed by atoms with E-state index < -0.39 is 0 Å². The summed E-state index contributed by atoms with van der Waals surface area (Å²) in [4.78, 5) is 8.80. The van der Waals surface area contributed by atoms with E-state index in [1.54, 1.807) is 39.5 Å². The van der Waals surface area contributed by atoms with E-state index in [0.29, 0.717) is 29.8 Å². The van der Waals surface area contributed by atoms with Crippen molar-refractivity contribution in [1.82, 2.24) is 4.90 Å². The molecule has 1 heterocycles. The van der Waals surface area contributed by atoms with E-state index in [1.165, 1.54) is 12.1 Å². The Morgan fingerprint density at radius 1 is 0.931 bits per heavy atom. The number of nitrogens with zero attached hydrogens (tertiary/aromatic N) is 3. The summed E-state index contributed by atoms with van der Waals surface area (Å²) in [5.41, 5.74) is 8.10. The van der Waals surface area contributed by atoms with Gasteiger partial charge in [-0.15, -0.1) is 0 Å². The van der Waals surface area contributed by atoms with Crippen molar-refractivity contribution in [3.63, 3.8) is 0 Å². The van der Waals surface area contributed by atoms with Gasteiger partial charge in [-0.1, -0.05) is 0 Å². The number of benzene rings is 2. The predicted octanol–water partition coefficient (Wildman–Crippen LogP) is 2.49. The zero-order valence-electron chi connectivity index (χ0n) is 17.0. The molecule has 3 rings (SSSR count). The molecule has 1 aliphatic rings. The first-order valence-electron chi connectivity index (χ1n) is 9.40. The molecule has 2 aromatic carbocycles. The van der Waals surface area contributed by atoms with Crippen LogP contribution in [0, 0.1) is 5.82 Å². The van der Waals surface area contributed by atoms with Crippen LogP contribution < -0.4 is 24.8 Å². The molecular formula is C21H27FN4O3. The van der Waals surface area contributed by atoms with Gasteiger partial charge in [-0.2, -0.15) is 0 Å². The van der Waals surface area contributed by atoms with Crippen molar-refractivity contribution in [2.24, 2.45) is 10.7 Å². The molecule has 0 aliphatic carbocycles. The summed E-state index contributed by atoms with van der Waals surface area (Å²) >= 11 is 0. The fourth-order valence-electron chi connectivity index (χ4n) is 3.33. The lowest BCUT2D eigenvalue weighted by molar-refractivity contribution is 0.347. The first-order valence-corrected chi connectivity index (χ1v) is 9.40. The summed E-state index contributed by atoms with van der Waals surface area (Å²) in [6.45, 7) is 3.45. The Kier molecular flexibility index (Phi) is 6.64. The van der Waals surface area contributed by atoms with Gasteiger partial charge in [0.15, 0.2) is 17.5 Å². The fourth-order valence-corrected chi connectivity index (χ4v) is 3.33.